The van der Waals surface area contributed by atoms with Gasteiger partial charge in [0.15, 0.2) is 0 Å². The summed E-state index contributed by atoms with van der Waals surface area (Å²) in [7, 11) is 0. The molecule has 0 unspecified atom stereocenters. The number of ether oxygens (including phenoxy) is 1. The van der Waals surface area contributed by atoms with Crippen molar-refractivity contribution in [2.24, 2.45) is 11.0 Å². The number of hydrazone groups is 1. The third kappa shape index (κ3) is 5.47. The topological polar surface area (TPSA) is 80.9 Å². The van der Waals surface area contributed by atoms with Gasteiger partial charge >= 0.3 is 5.97 Å². The van der Waals surface area contributed by atoms with Gasteiger partial charge in [0.05, 0.1) is 18.4 Å². The van der Waals surface area contributed by atoms with Crippen LogP contribution < -0.4 is 10.2 Å². The lowest BCUT2D eigenvalue weighted by atomic mass is 9.85. The highest BCUT2D eigenvalue weighted by Gasteiger charge is 2.60. The Morgan fingerprint density at radius 3 is 2.32 bits per heavy atom. The molecule has 37 heavy (non-hydrogen) atoms. The van der Waals surface area contributed by atoms with Crippen molar-refractivity contribution in [1.29, 1.82) is 0 Å². The molecule has 1 aliphatic carbocycles. The maximum atomic E-state index is 13.1. The number of amides is 1. The number of furan rings is 1. The molecule has 0 saturated heterocycles. The van der Waals surface area contributed by atoms with Crippen molar-refractivity contribution in [3.8, 4) is 5.75 Å². The van der Waals surface area contributed by atoms with Crippen LogP contribution in [0.4, 0.5) is 0 Å². The highest BCUT2D eigenvalue weighted by atomic mass is 79.9. The Kier molecular flexibility index (Phi) is 7.14. The number of nitrogens with zero attached hydrogens (tertiary/aromatic N) is 1. The number of carbonyl (C=O) groups excluding carboxylic acids is 2. The average Bonchev–Trinajstić information content (AvgIpc) is 3.48. The molecule has 1 heterocycles. The standard InChI is InChI=1S/C30H23BrN2O4/c31-24-13-15-27(37-28(34)16-14-25-12-7-17-36-25)21(18-24)20-32-33-29(35)26-19-30(26,22-8-3-1-4-9-22)23-10-5-2-6-11-23/h1-18,20,26H,19H2,(H,33,35)/b16-14+,32-20-/t26-/m0/s1. The number of rotatable bonds is 8. The molecule has 5 rings (SSSR count). The Balaban J connectivity index is 1.29. The molecule has 1 aromatic heterocycles. The first kappa shape index (κ1) is 24.5. The van der Waals surface area contributed by atoms with E-state index in [9.17, 15) is 9.59 Å². The minimum Gasteiger partial charge on any atom is -0.465 e. The molecule has 1 amide bonds. The maximum absolute atomic E-state index is 13.1. The summed E-state index contributed by atoms with van der Waals surface area (Å²) in [6.45, 7) is 0. The second kappa shape index (κ2) is 10.8. The van der Waals surface area contributed by atoms with Gasteiger partial charge in [0, 0.05) is 21.5 Å². The number of benzene rings is 3. The van der Waals surface area contributed by atoms with Crippen LogP contribution in [-0.2, 0) is 15.0 Å². The summed E-state index contributed by atoms with van der Waals surface area (Å²) in [5, 5.41) is 4.18. The van der Waals surface area contributed by atoms with Gasteiger partial charge in [0.1, 0.15) is 11.5 Å². The van der Waals surface area contributed by atoms with Crippen LogP contribution in [0.25, 0.3) is 6.08 Å². The monoisotopic (exact) mass is 554 g/mol. The third-order valence-electron chi connectivity index (χ3n) is 6.34. The van der Waals surface area contributed by atoms with Gasteiger partial charge < -0.3 is 9.15 Å². The molecule has 4 aromatic rings. The average molecular weight is 555 g/mol. The maximum Gasteiger partial charge on any atom is 0.336 e. The van der Waals surface area contributed by atoms with Crippen molar-refractivity contribution in [1.82, 2.24) is 5.43 Å². The predicted octanol–water partition coefficient (Wildman–Crippen LogP) is 6.12. The van der Waals surface area contributed by atoms with Crippen LogP contribution in [0.2, 0.25) is 0 Å². The minimum atomic E-state index is -0.564. The Morgan fingerprint density at radius 1 is 0.973 bits per heavy atom. The van der Waals surface area contributed by atoms with Gasteiger partial charge in [-0.1, -0.05) is 76.6 Å². The highest BCUT2D eigenvalue weighted by molar-refractivity contribution is 9.10. The van der Waals surface area contributed by atoms with Crippen molar-refractivity contribution < 1.29 is 18.7 Å². The summed E-state index contributed by atoms with van der Waals surface area (Å²) >= 11 is 3.42. The van der Waals surface area contributed by atoms with Gasteiger partial charge in [-0.3, -0.25) is 4.79 Å². The first-order valence-electron chi connectivity index (χ1n) is 11.7. The molecule has 1 fully saturated rings. The van der Waals surface area contributed by atoms with Gasteiger partial charge in [-0.05, 0) is 54.0 Å². The van der Waals surface area contributed by atoms with E-state index in [1.807, 2.05) is 36.4 Å². The van der Waals surface area contributed by atoms with E-state index in [4.69, 9.17) is 9.15 Å². The first-order chi connectivity index (χ1) is 18.1. The zero-order valence-corrected chi connectivity index (χ0v) is 21.3. The molecule has 1 atom stereocenters. The van der Waals surface area contributed by atoms with E-state index in [1.165, 1.54) is 24.6 Å². The SMILES string of the molecule is O=C(/C=C/c1ccco1)Oc1ccc(Br)cc1/C=N\NC(=O)[C@@H]1CC1(c1ccccc1)c1ccccc1. The summed E-state index contributed by atoms with van der Waals surface area (Å²) in [6, 6.07) is 28.8. The zero-order chi connectivity index (χ0) is 25.7. The van der Waals surface area contributed by atoms with Crippen molar-refractivity contribution >= 4 is 40.1 Å². The fourth-order valence-corrected chi connectivity index (χ4v) is 4.87. The lowest BCUT2D eigenvalue weighted by Gasteiger charge is -2.18. The Hall–Kier alpha value is -4.23. The van der Waals surface area contributed by atoms with Crippen LogP contribution in [-0.4, -0.2) is 18.1 Å². The molecule has 0 bridgehead atoms. The lowest BCUT2D eigenvalue weighted by molar-refractivity contribution is -0.129. The van der Waals surface area contributed by atoms with Crippen molar-refractivity contribution in [3.05, 3.63) is 130 Å². The molecule has 3 aromatic carbocycles. The van der Waals surface area contributed by atoms with E-state index in [0.717, 1.165) is 15.6 Å². The summed E-state index contributed by atoms with van der Waals surface area (Å²) < 4.78 is 11.4. The molecular formula is C30H23BrN2O4. The van der Waals surface area contributed by atoms with Crippen molar-refractivity contribution in [2.45, 2.75) is 11.8 Å². The molecule has 0 aliphatic heterocycles. The number of carbonyl (C=O) groups is 2. The van der Waals surface area contributed by atoms with Crippen LogP contribution in [0.15, 0.2) is 117 Å². The smallest absolute Gasteiger partial charge is 0.336 e. The normalized spacial score (nSPS) is 16.1. The molecule has 0 spiro atoms. The van der Waals surface area contributed by atoms with E-state index in [0.29, 0.717) is 23.5 Å². The number of hydrogen-bond acceptors (Lipinski definition) is 5. The van der Waals surface area contributed by atoms with E-state index in [-0.39, 0.29) is 17.2 Å². The lowest BCUT2D eigenvalue weighted by Crippen LogP contribution is -2.25. The second-order valence-electron chi connectivity index (χ2n) is 8.65. The molecule has 6 nitrogen and oxygen atoms in total. The quantitative estimate of drug-likeness (QED) is 0.0935. The highest BCUT2D eigenvalue weighted by Crippen LogP contribution is 2.58. The number of esters is 1. The first-order valence-corrected chi connectivity index (χ1v) is 12.5. The zero-order valence-electron chi connectivity index (χ0n) is 19.7. The van der Waals surface area contributed by atoms with Crippen LogP contribution in [0, 0.1) is 5.92 Å². The Morgan fingerprint density at radius 2 is 1.68 bits per heavy atom. The summed E-state index contributed by atoms with van der Waals surface area (Å²) in [5.41, 5.74) is 5.04. The summed E-state index contributed by atoms with van der Waals surface area (Å²) in [6.07, 6.45) is 6.49. The van der Waals surface area contributed by atoms with Crippen LogP contribution in [0.3, 0.4) is 0 Å². The third-order valence-corrected chi connectivity index (χ3v) is 6.84. The number of halogens is 1. The molecule has 1 saturated carbocycles. The van der Waals surface area contributed by atoms with Gasteiger partial charge in [0.25, 0.3) is 0 Å². The van der Waals surface area contributed by atoms with Crippen LogP contribution in [0.1, 0.15) is 28.9 Å². The summed E-state index contributed by atoms with van der Waals surface area (Å²) in [5.74, 6) is -0.130. The van der Waals surface area contributed by atoms with E-state index >= 15 is 0 Å². The number of hydrogen-bond donors (Lipinski definition) is 1. The van der Waals surface area contributed by atoms with Gasteiger partial charge in [-0.15, -0.1) is 0 Å². The van der Waals surface area contributed by atoms with Crippen molar-refractivity contribution in [2.75, 3.05) is 0 Å². The number of nitrogens with one attached hydrogen (secondary N) is 1. The van der Waals surface area contributed by atoms with Gasteiger partial charge in [-0.25, -0.2) is 10.2 Å². The second-order valence-corrected chi connectivity index (χ2v) is 9.56. The molecular weight excluding hydrogens is 532 g/mol. The van der Waals surface area contributed by atoms with Gasteiger partial charge in [0.2, 0.25) is 5.91 Å². The van der Waals surface area contributed by atoms with Crippen molar-refractivity contribution in [3.63, 3.8) is 0 Å². The van der Waals surface area contributed by atoms with Crippen LogP contribution in [0.5, 0.6) is 5.75 Å². The fraction of sp³-hybridized carbons (Fsp3) is 0.100. The molecule has 7 heteroatoms. The molecule has 184 valence electrons. The summed E-state index contributed by atoms with van der Waals surface area (Å²) in [4.78, 5) is 25.4. The Bertz CT molecular complexity index is 1410. The van der Waals surface area contributed by atoms with E-state index < -0.39 is 5.97 Å². The molecule has 1 aliphatic rings. The van der Waals surface area contributed by atoms with Gasteiger partial charge in [-0.2, -0.15) is 5.10 Å². The largest absolute Gasteiger partial charge is 0.465 e. The van der Waals surface area contributed by atoms with E-state index in [1.54, 1.807) is 30.3 Å². The van der Waals surface area contributed by atoms with E-state index in [2.05, 4.69) is 50.7 Å². The fourth-order valence-electron chi connectivity index (χ4n) is 4.49. The van der Waals surface area contributed by atoms with Crippen LogP contribution >= 0.6 is 15.9 Å². The predicted molar refractivity (Wildman–Crippen MR) is 145 cm³/mol. The Labute approximate surface area is 222 Å². The minimum absolute atomic E-state index is 0.168. The molecule has 0 radical (unpaired) electrons. The molecule has 1 N–H and O–H groups in total.